The molecule has 0 heterocycles. The summed E-state index contributed by atoms with van der Waals surface area (Å²) in [5.41, 5.74) is 3.11. The van der Waals surface area contributed by atoms with Crippen LogP contribution in [0.5, 0.6) is 0 Å². The molecule has 1 aromatic rings. The fourth-order valence-corrected chi connectivity index (χ4v) is 1.95. The van der Waals surface area contributed by atoms with Crippen LogP contribution in [0.15, 0.2) is 16.6 Å². The molecule has 18 heavy (non-hydrogen) atoms. The van der Waals surface area contributed by atoms with E-state index in [0.29, 0.717) is 19.6 Å². The van der Waals surface area contributed by atoms with E-state index in [2.05, 4.69) is 21.2 Å². The molecule has 0 spiro atoms. The first kappa shape index (κ1) is 15.2. The Kier molecular flexibility index (Phi) is 6.36. The highest BCUT2D eigenvalue weighted by atomic mass is 79.9. The molecule has 0 saturated carbocycles. The van der Waals surface area contributed by atoms with Gasteiger partial charge in [0.2, 0.25) is 5.91 Å². The Hall–Kier alpha value is -0.870. The Morgan fingerprint density at radius 3 is 2.50 bits per heavy atom. The highest BCUT2D eigenvalue weighted by molar-refractivity contribution is 9.10. The summed E-state index contributed by atoms with van der Waals surface area (Å²) >= 11 is 3.51. The third kappa shape index (κ3) is 4.78. The van der Waals surface area contributed by atoms with Gasteiger partial charge in [-0.15, -0.1) is 0 Å². The standard InChI is InChI=1S/C14H20BrNO2/c1-4-18-7-5-6-13(17)16-12-8-10(2)14(15)11(3)9-12/h8-9H,4-7H2,1-3H3,(H,16,17). The summed E-state index contributed by atoms with van der Waals surface area (Å²) in [5.74, 6) is 0.0378. The number of rotatable bonds is 6. The number of carbonyl (C=O) groups excluding carboxylic acids is 1. The van der Waals surface area contributed by atoms with Crippen molar-refractivity contribution in [1.29, 1.82) is 0 Å². The SMILES string of the molecule is CCOCCCC(=O)Nc1cc(C)c(Br)c(C)c1. The zero-order valence-corrected chi connectivity index (χ0v) is 12.8. The Morgan fingerprint density at radius 2 is 1.94 bits per heavy atom. The molecule has 3 nitrogen and oxygen atoms in total. The number of benzene rings is 1. The van der Waals surface area contributed by atoms with Gasteiger partial charge in [0, 0.05) is 29.8 Å². The third-order valence-electron chi connectivity index (χ3n) is 2.62. The minimum absolute atomic E-state index is 0.0378. The number of carbonyl (C=O) groups is 1. The van der Waals surface area contributed by atoms with Crippen LogP contribution in [0.2, 0.25) is 0 Å². The van der Waals surface area contributed by atoms with E-state index in [-0.39, 0.29) is 5.91 Å². The fraction of sp³-hybridized carbons (Fsp3) is 0.500. The molecule has 0 radical (unpaired) electrons. The van der Waals surface area contributed by atoms with Crippen LogP contribution in [0, 0.1) is 13.8 Å². The third-order valence-corrected chi connectivity index (χ3v) is 3.87. The zero-order valence-electron chi connectivity index (χ0n) is 11.2. The first-order chi connectivity index (χ1) is 8.54. The average Bonchev–Trinajstić information content (AvgIpc) is 2.31. The van der Waals surface area contributed by atoms with Crippen molar-refractivity contribution in [2.45, 2.75) is 33.6 Å². The van der Waals surface area contributed by atoms with Crippen LogP contribution < -0.4 is 5.32 Å². The molecule has 0 aliphatic rings. The normalized spacial score (nSPS) is 10.4. The van der Waals surface area contributed by atoms with E-state index >= 15 is 0 Å². The molecular weight excluding hydrogens is 294 g/mol. The molecule has 1 amide bonds. The number of hydrogen-bond donors (Lipinski definition) is 1. The maximum absolute atomic E-state index is 11.7. The van der Waals surface area contributed by atoms with Crippen molar-refractivity contribution < 1.29 is 9.53 Å². The van der Waals surface area contributed by atoms with Gasteiger partial charge >= 0.3 is 0 Å². The smallest absolute Gasteiger partial charge is 0.224 e. The van der Waals surface area contributed by atoms with Gasteiger partial charge in [-0.05, 0) is 50.5 Å². The molecule has 0 unspecified atom stereocenters. The van der Waals surface area contributed by atoms with Gasteiger partial charge < -0.3 is 10.1 Å². The number of anilines is 1. The van der Waals surface area contributed by atoms with Crippen LogP contribution in [-0.2, 0) is 9.53 Å². The maximum Gasteiger partial charge on any atom is 0.224 e. The highest BCUT2D eigenvalue weighted by Crippen LogP contribution is 2.25. The average molecular weight is 314 g/mol. The predicted molar refractivity (Wildman–Crippen MR) is 78.0 cm³/mol. The van der Waals surface area contributed by atoms with Crippen LogP contribution in [0.3, 0.4) is 0 Å². The van der Waals surface area contributed by atoms with Crippen LogP contribution in [-0.4, -0.2) is 19.1 Å². The van der Waals surface area contributed by atoms with E-state index in [9.17, 15) is 4.79 Å². The second kappa shape index (κ2) is 7.54. The minimum atomic E-state index is 0.0378. The van der Waals surface area contributed by atoms with Crippen molar-refractivity contribution >= 4 is 27.5 Å². The maximum atomic E-state index is 11.7. The number of nitrogens with one attached hydrogen (secondary N) is 1. The Balaban J connectivity index is 2.49. The summed E-state index contributed by atoms with van der Waals surface area (Å²) < 4.78 is 6.30. The van der Waals surface area contributed by atoms with Gasteiger partial charge in [0.1, 0.15) is 0 Å². The quantitative estimate of drug-likeness (QED) is 0.811. The summed E-state index contributed by atoms with van der Waals surface area (Å²) in [7, 11) is 0. The number of ether oxygens (including phenoxy) is 1. The Bertz CT molecular complexity index is 395. The Morgan fingerprint density at radius 1 is 1.33 bits per heavy atom. The van der Waals surface area contributed by atoms with Gasteiger partial charge in [-0.25, -0.2) is 0 Å². The van der Waals surface area contributed by atoms with E-state index in [1.807, 2.05) is 32.9 Å². The minimum Gasteiger partial charge on any atom is -0.382 e. The van der Waals surface area contributed by atoms with Gasteiger partial charge in [-0.2, -0.15) is 0 Å². The lowest BCUT2D eigenvalue weighted by Gasteiger charge is -2.09. The summed E-state index contributed by atoms with van der Waals surface area (Å²) in [6.45, 7) is 7.33. The number of hydrogen-bond acceptors (Lipinski definition) is 2. The molecule has 0 bridgehead atoms. The van der Waals surface area contributed by atoms with Crippen molar-refractivity contribution in [2.24, 2.45) is 0 Å². The number of amides is 1. The molecule has 100 valence electrons. The summed E-state index contributed by atoms with van der Waals surface area (Å²) in [6.07, 6.45) is 1.25. The van der Waals surface area contributed by atoms with Crippen LogP contribution in [0.1, 0.15) is 30.9 Å². The van der Waals surface area contributed by atoms with Gasteiger partial charge in [-0.1, -0.05) is 15.9 Å². The summed E-state index contributed by atoms with van der Waals surface area (Å²) in [6, 6.07) is 3.94. The van der Waals surface area contributed by atoms with Crippen molar-refractivity contribution in [2.75, 3.05) is 18.5 Å². The molecule has 0 aliphatic carbocycles. The Labute approximate surface area is 117 Å². The van der Waals surface area contributed by atoms with Gasteiger partial charge in [0.15, 0.2) is 0 Å². The number of halogens is 1. The van der Waals surface area contributed by atoms with Crippen LogP contribution in [0.4, 0.5) is 5.69 Å². The molecule has 1 rings (SSSR count). The highest BCUT2D eigenvalue weighted by Gasteiger charge is 2.06. The molecule has 1 aromatic carbocycles. The molecule has 0 aromatic heterocycles. The van der Waals surface area contributed by atoms with Gasteiger partial charge in [0.05, 0.1) is 0 Å². The van der Waals surface area contributed by atoms with Crippen molar-refractivity contribution in [1.82, 2.24) is 0 Å². The largest absolute Gasteiger partial charge is 0.382 e. The van der Waals surface area contributed by atoms with E-state index in [1.54, 1.807) is 0 Å². The first-order valence-electron chi connectivity index (χ1n) is 6.19. The predicted octanol–water partition coefficient (Wildman–Crippen LogP) is 3.82. The lowest BCUT2D eigenvalue weighted by molar-refractivity contribution is -0.116. The lowest BCUT2D eigenvalue weighted by Crippen LogP contribution is -2.12. The monoisotopic (exact) mass is 313 g/mol. The van der Waals surface area contributed by atoms with E-state index in [1.165, 1.54) is 0 Å². The van der Waals surface area contributed by atoms with E-state index in [4.69, 9.17) is 4.74 Å². The summed E-state index contributed by atoms with van der Waals surface area (Å²) in [5, 5.41) is 2.91. The summed E-state index contributed by atoms with van der Waals surface area (Å²) in [4.78, 5) is 11.7. The second-order valence-electron chi connectivity index (χ2n) is 4.27. The van der Waals surface area contributed by atoms with Crippen LogP contribution in [0.25, 0.3) is 0 Å². The number of aryl methyl sites for hydroxylation is 2. The fourth-order valence-electron chi connectivity index (χ4n) is 1.72. The van der Waals surface area contributed by atoms with Gasteiger partial charge in [0.25, 0.3) is 0 Å². The first-order valence-corrected chi connectivity index (χ1v) is 6.98. The molecule has 0 fully saturated rings. The van der Waals surface area contributed by atoms with Crippen molar-refractivity contribution in [3.8, 4) is 0 Å². The zero-order chi connectivity index (χ0) is 13.5. The van der Waals surface area contributed by atoms with E-state index in [0.717, 1.165) is 27.7 Å². The topological polar surface area (TPSA) is 38.3 Å². The molecule has 0 atom stereocenters. The van der Waals surface area contributed by atoms with Crippen LogP contribution >= 0.6 is 15.9 Å². The molecule has 1 N–H and O–H groups in total. The van der Waals surface area contributed by atoms with Crippen molar-refractivity contribution in [3.63, 3.8) is 0 Å². The van der Waals surface area contributed by atoms with Crippen molar-refractivity contribution in [3.05, 3.63) is 27.7 Å². The lowest BCUT2D eigenvalue weighted by atomic mass is 10.1. The molecule has 4 heteroatoms. The van der Waals surface area contributed by atoms with E-state index < -0.39 is 0 Å². The van der Waals surface area contributed by atoms with Gasteiger partial charge in [-0.3, -0.25) is 4.79 Å². The molecular formula is C14H20BrNO2. The molecule has 0 aliphatic heterocycles. The second-order valence-corrected chi connectivity index (χ2v) is 5.07. The molecule has 0 saturated heterocycles.